The fourth-order valence-corrected chi connectivity index (χ4v) is 1.62. The Morgan fingerprint density at radius 3 is 3.20 bits per heavy atom. The lowest BCUT2D eigenvalue weighted by Crippen LogP contribution is -2.38. The van der Waals surface area contributed by atoms with E-state index in [4.69, 9.17) is 14.6 Å². The Bertz CT molecular complexity index is 133. The van der Waals surface area contributed by atoms with Crippen molar-refractivity contribution in [3.05, 3.63) is 0 Å². The highest BCUT2D eigenvalue weighted by atomic mass is 16.7. The molecule has 0 amide bonds. The fraction of sp³-hybridized carbons (Fsp3) is 1.00. The maximum absolute atomic E-state index is 8.96. The van der Waals surface area contributed by atoms with E-state index in [0.717, 1.165) is 19.3 Å². The summed E-state index contributed by atoms with van der Waals surface area (Å²) in [6, 6.07) is 0. The molecule has 2 fully saturated rings. The lowest BCUT2D eigenvalue weighted by Gasteiger charge is -2.28. The largest absolute Gasteiger partial charge is 0.393 e. The summed E-state index contributed by atoms with van der Waals surface area (Å²) in [5.41, 5.74) is -0.330. The van der Waals surface area contributed by atoms with Crippen molar-refractivity contribution in [2.75, 3.05) is 13.2 Å². The van der Waals surface area contributed by atoms with Crippen LogP contribution in [0, 0.1) is 0 Å². The van der Waals surface area contributed by atoms with Crippen LogP contribution in [0.3, 0.4) is 0 Å². The minimum absolute atomic E-state index is 0.0269. The summed E-state index contributed by atoms with van der Waals surface area (Å²) in [6.45, 7) is 0.678. The van der Waals surface area contributed by atoms with Gasteiger partial charge in [0.25, 0.3) is 0 Å². The van der Waals surface area contributed by atoms with Crippen molar-refractivity contribution in [2.45, 2.75) is 31.2 Å². The molecule has 1 N–H and O–H groups in total. The van der Waals surface area contributed by atoms with Gasteiger partial charge in [-0.15, -0.1) is 0 Å². The third kappa shape index (κ3) is 0.856. The first-order valence-electron chi connectivity index (χ1n) is 3.75. The van der Waals surface area contributed by atoms with E-state index in [1.54, 1.807) is 0 Å². The highest BCUT2D eigenvalue weighted by Gasteiger charge is 2.43. The van der Waals surface area contributed by atoms with Crippen molar-refractivity contribution in [1.29, 1.82) is 0 Å². The minimum Gasteiger partial charge on any atom is -0.393 e. The molecule has 2 aliphatic heterocycles. The summed E-state index contributed by atoms with van der Waals surface area (Å²) in [5, 5.41) is 8.96. The first kappa shape index (κ1) is 6.58. The van der Waals surface area contributed by atoms with Gasteiger partial charge in [0.1, 0.15) is 5.60 Å². The van der Waals surface area contributed by atoms with Gasteiger partial charge < -0.3 is 14.6 Å². The van der Waals surface area contributed by atoms with Crippen LogP contribution in [0.4, 0.5) is 0 Å². The number of fused-ring (bicyclic) bond motifs is 2. The predicted octanol–water partition coefficient (Wildman–Crippen LogP) is 0.274. The third-order valence-electron chi connectivity index (χ3n) is 2.27. The van der Waals surface area contributed by atoms with Crippen LogP contribution in [0.5, 0.6) is 0 Å². The first-order chi connectivity index (χ1) is 4.85. The molecule has 0 saturated carbocycles. The van der Waals surface area contributed by atoms with Crippen molar-refractivity contribution in [3.8, 4) is 0 Å². The van der Waals surface area contributed by atoms with Gasteiger partial charge in [0, 0.05) is 0 Å². The normalized spacial score (nSPS) is 45.9. The van der Waals surface area contributed by atoms with Crippen molar-refractivity contribution >= 4 is 0 Å². The maximum Gasteiger partial charge on any atom is 0.158 e. The molecule has 2 bridgehead atoms. The smallest absolute Gasteiger partial charge is 0.158 e. The molecule has 2 heterocycles. The molecule has 0 aromatic rings. The van der Waals surface area contributed by atoms with E-state index in [2.05, 4.69) is 0 Å². The minimum atomic E-state index is -0.330. The van der Waals surface area contributed by atoms with Gasteiger partial charge in [-0.25, -0.2) is 0 Å². The summed E-state index contributed by atoms with van der Waals surface area (Å²) in [5.74, 6) is 0. The average Bonchev–Trinajstić information content (AvgIpc) is 2.29. The topological polar surface area (TPSA) is 38.7 Å². The maximum atomic E-state index is 8.96. The van der Waals surface area contributed by atoms with Crippen molar-refractivity contribution in [1.82, 2.24) is 0 Å². The lowest BCUT2D eigenvalue weighted by molar-refractivity contribution is -0.133. The second kappa shape index (κ2) is 2.19. The van der Waals surface area contributed by atoms with Crippen LogP contribution in [0.15, 0.2) is 0 Å². The number of hydrogen-bond acceptors (Lipinski definition) is 3. The molecular formula is C7H12O3. The number of hydrogen-bond donors (Lipinski definition) is 1. The Balaban J connectivity index is 2.10. The molecule has 0 spiro atoms. The Morgan fingerprint density at radius 1 is 1.60 bits per heavy atom. The van der Waals surface area contributed by atoms with Gasteiger partial charge in [0.05, 0.1) is 13.2 Å². The standard InChI is InChI=1S/C7H12O3/c8-4-7-3-1-2-6(10-7)9-5-7/h6,8H,1-5H2/t6-,7-/m0/s1. The Labute approximate surface area is 59.9 Å². The molecule has 2 atom stereocenters. The van der Waals surface area contributed by atoms with Gasteiger partial charge in [-0.05, 0) is 19.3 Å². The van der Waals surface area contributed by atoms with E-state index in [-0.39, 0.29) is 18.5 Å². The zero-order chi connectivity index (χ0) is 7.03. The highest BCUT2D eigenvalue weighted by Crippen LogP contribution is 2.35. The van der Waals surface area contributed by atoms with E-state index in [1.807, 2.05) is 0 Å². The molecule has 3 heteroatoms. The molecule has 2 rings (SSSR count). The molecule has 3 nitrogen and oxygen atoms in total. The van der Waals surface area contributed by atoms with Crippen LogP contribution < -0.4 is 0 Å². The Kier molecular flexibility index (Phi) is 1.44. The number of rotatable bonds is 1. The number of ether oxygens (including phenoxy) is 2. The van der Waals surface area contributed by atoms with Crippen molar-refractivity contribution < 1.29 is 14.6 Å². The summed E-state index contributed by atoms with van der Waals surface area (Å²) in [6.07, 6.45) is 3.02. The zero-order valence-electron chi connectivity index (χ0n) is 5.88. The molecule has 0 aromatic carbocycles. The van der Waals surface area contributed by atoms with Gasteiger partial charge in [0.2, 0.25) is 0 Å². The lowest BCUT2D eigenvalue weighted by atomic mass is 9.97. The second-order valence-electron chi connectivity index (χ2n) is 3.09. The first-order valence-corrected chi connectivity index (χ1v) is 3.75. The van der Waals surface area contributed by atoms with E-state index in [9.17, 15) is 0 Å². The van der Waals surface area contributed by atoms with Crippen LogP contribution >= 0.6 is 0 Å². The summed E-state index contributed by atoms with van der Waals surface area (Å²) in [7, 11) is 0. The summed E-state index contributed by atoms with van der Waals surface area (Å²) in [4.78, 5) is 0. The monoisotopic (exact) mass is 144 g/mol. The van der Waals surface area contributed by atoms with E-state index in [0.29, 0.717) is 6.61 Å². The highest BCUT2D eigenvalue weighted by molar-refractivity contribution is 4.88. The van der Waals surface area contributed by atoms with Gasteiger partial charge >= 0.3 is 0 Å². The quantitative estimate of drug-likeness (QED) is 0.574. The molecular weight excluding hydrogens is 132 g/mol. The molecule has 2 aliphatic rings. The van der Waals surface area contributed by atoms with Gasteiger partial charge in [0.15, 0.2) is 6.29 Å². The molecule has 0 aromatic heterocycles. The Morgan fingerprint density at radius 2 is 2.50 bits per heavy atom. The summed E-state index contributed by atoms with van der Waals surface area (Å²) < 4.78 is 10.8. The van der Waals surface area contributed by atoms with Gasteiger partial charge in [-0.3, -0.25) is 0 Å². The number of aliphatic hydroxyl groups excluding tert-OH is 1. The van der Waals surface area contributed by atoms with Crippen molar-refractivity contribution in [2.24, 2.45) is 0 Å². The molecule has 58 valence electrons. The SMILES string of the molecule is OC[C@@]12CCC[C@@H](OC1)O2. The second-order valence-corrected chi connectivity index (χ2v) is 3.09. The van der Waals surface area contributed by atoms with Crippen LogP contribution in [-0.2, 0) is 9.47 Å². The predicted molar refractivity (Wildman–Crippen MR) is 34.5 cm³/mol. The van der Waals surface area contributed by atoms with Crippen molar-refractivity contribution in [3.63, 3.8) is 0 Å². The zero-order valence-corrected chi connectivity index (χ0v) is 5.88. The van der Waals surface area contributed by atoms with E-state index < -0.39 is 0 Å². The van der Waals surface area contributed by atoms with Crippen LogP contribution in [-0.4, -0.2) is 30.2 Å². The fourth-order valence-electron chi connectivity index (χ4n) is 1.62. The number of aliphatic hydroxyl groups is 1. The van der Waals surface area contributed by atoms with Crippen LogP contribution in [0.1, 0.15) is 19.3 Å². The molecule has 0 unspecified atom stereocenters. The molecule has 2 saturated heterocycles. The van der Waals surface area contributed by atoms with Crippen LogP contribution in [0.25, 0.3) is 0 Å². The average molecular weight is 144 g/mol. The summed E-state index contributed by atoms with van der Waals surface area (Å²) >= 11 is 0. The van der Waals surface area contributed by atoms with Gasteiger partial charge in [-0.1, -0.05) is 0 Å². The molecule has 0 aliphatic carbocycles. The van der Waals surface area contributed by atoms with Crippen LogP contribution in [0.2, 0.25) is 0 Å². The third-order valence-corrected chi connectivity index (χ3v) is 2.27. The molecule has 0 radical (unpaired) electrons. The van der Waals surface area contributed by atoms with E-state index in [1.165, 1.54) is 0 Å². The Hall–Kier alpha value is -0.120. The van der Waals surface area contributed by atoms with Gasteiger partial charge in [-0.2, -0.15) is 0 Å². The molecule has 10 heavy (non-hydrogen) atoms. The van der Waals surface area contributed by atoms with E-state index >= 15 is 0 Å².